The summed E-state index contributed by atoms with van der Waals surface area (Å²) in [5.41, 5.74) is 10.9. The molecule has 1 heterocycles. The van der Waals surface area contributed by atoms with Gasteiger partial charge in [-0.3, -0.25) is 4.79 Å². The van der Waals surface area contributed by atoms with Crippen LogP contribution in [-0.2, 0) is 9.59 Å². The fourth-order valence-corrected chi connectivity index (χ4v) is 2.08. The van der Waals surface area contributed by atoms with E-state index in [0.717, 1.165) is 0 Å². The maximum absolute atomic E-state index is 12.1. The van der Waals surface area contributed by atoms with Crippen molar-refractivity contribution in [1.29, 1.82) is 0 Å². The summed E-state index contributed by atoms with van der Waals surface area (Å²) in [4.78, 5) is 38.2. The second kappa shape index (κ2) is 9.83. The second-order valence-electron chi connectivity index (χ2n) is 6.49. The van der Waals surface area contributed by atoms with Gasteiger partial charge < -0.3 is 36.8 Å². The van der Waals surface area contributed by atoms with Gasteiger partial charge in [-0.05, 0) is 19.3 Å². The van der Waals surface area contributed by atoms with Crippen LogP contribution in [0.5, 0.6) is 0 Å². The van der Waals surface area contributed by atoms with Crippen LogP contribution in [0, 0.1) is 5.92 Å². The fourth-order valence-electron chi connectivity index (χ4n) is 2.08. The maximum Gasteiger partial charge on any atom is 0.326 e. The molecule has 0 aliphatic heterocycles. The van der Waals surface area contributed by atoms with E-state index < -0.39 is 42.1 Å². The zero-order chi connectivity index (χ0) is 20.7. The van der Waals surface area contributed by atoms with Crippen LogP contribution in [0.3, 0.4) is 0 Å². The average Bonchev–Trinajstić information content (AvgIpc) is 3.04. The predicted molar refractivity (Wildman–Crippen MR) is 92.0 cm³/mol. The minimum absolute atomic E-state index is 0.0401. The van der Waals surface area contributed by atoms with Crippen LogP contribution in [0.15, 0.2) is 4.52 Å². The molecule has 0 saturated heterocycles. The smallest absolute Gasteiger partial charge is 0.326 e. The van der Waals surface area contributed by atoms with E-state index in [9.17, 15) is 19.5 Å². The second-order valence-corrected chi connectivity index (χ2v) is 6.49. The number of carboxylic acids is 1. The minimum atomic E-state index is -1.33. The third-order valence-corrected chi connectivity index (χ3v) is 3.79. The van der Waals surface area contributed by atoms with Crippen molar-refractivity contribution in [3.63, 3.8) is 0 Å². The van der Waals surface area contributed by atoms with Gasteiger partial charge in [-0.2, -0.15) is 4.98 Å². The molecule has 0 aliphatic carbocycles. The molecule has 1 aromatic heterocycles. The highest BCUT2D eigenvalue weighted by molar-refractivity contribution is 5.83. The van der Waals surface area contributed by atoms with Gasteiger partial charge in [0.15, 0.2) is 5.82 Å². The number of primary amides is 1. The molecule has 0 bridgehead atoms. The zero-order valence-corrected chi connectivity index (χ0v) is 15.4. The molecule has 12 heteroatoms. The van der Waals surface area contributed by atoms with Crippen LogP contribution < -0.4 is 22.1 Å². The van der Waals surface area contributed by atoms with E-state index in [1.54, 1.807) is 0 Å². The van der Waals surface area contributed by atoms with Crippen LogP contribution in [0.25, 0.3) is 0 Å². The standard InChI is InChI=1S/C15H26N6O6/c1-6(2)10(17)12-20-13(27-21-12)11(7(3)22)19-15(26)18-8(14(24)25)4-5-9(16)23/h6-8,10-11,22H,4-5,17H2,1-3H3,(H2,16,23)(H,24,25)(H2,18,19,26)/t7?,8-,10-,11-/m0/s1. The number of nitrogens with zero attached hydrogens (tertiary/aromatic N) is 2. The number of amides is 3. The topological polar surface area (TPSA) is 207 Å². The van der Waals surface area contributed by atoms with E-state index in [1.165, 1.54) is 6.92 Å². The van der Waals surface area contributed by atoms with Crippen molar-refractivity contribution in [2.45, 2.75) is 57.8 Å². The van der Waals surface area contributed by atoms with Crippen molar-refractivity contribution in [1.82, 2.24) is 20.8 Å². The third kappa shape index (κ3) is 6.83. The number of carbonyl (C=O) groups excluding carboxylic acids is 2. The lowest BCUT2D eigenvalue weighted by Crippen LogP contribution is -2.48. The van der Waals surface area contributed by atoms with Gasteiger partial charge in [0, 0.05) is 6.42 Å². The first-order valence-electron chi connectivity index (χ1n) is 8.38. The van der Waals surface area contributed by atoms with Crippen LogP contribution >= 0.6 is 0 Å². The molecule has 0 spiro atoms. The number of carboxylic acid groups (broad SMARTS) is 1. The first-order chi connectivity index (χ1) is 12.5. The van der Waals surface area contributed by atoms with E-state index in [-0.39, 0.29) is 30.5 Å². The molecule has 152 valence electrons. The number of aliphatic hydroxyl groups is 1. The Labute approximate surface area is 155 Å². The molecule has 8 N–H and O–H groups in total. The summed E-state index contributed by atoms with van der Waals surface area (Å²) in [5.74, 6) is -1.83. The monoisotopic (exact) mass is 386 g/mol. The number of nitrogens with two attached hydrogens (primary N) is 2. The zero-order valence-electron chi connectivity index (χ0n) is 15.4. The van der Waals surface area contributed by atoms with Gasteiger partial charge in [0.25, 0.3) is 5.89 Å². The largest absolute Gasteiger partial charge is 0.480 e. The predicted octanol–water partition coefficient (Wildman–Crippen LogP) is -0.835. The maximum atomic E-state index is 12.1. The van der Waals surface area contributed by atoms with E-state index in [4.69, 9.17) is 21.1 Å². The molecule has 0 aliphatic rings. The molecule has 1 rings (SSSR count). The normalized spacial score (nSPS) is 15.6. The highest BCUT2D eigenvalue weighted by Crippen LogP contribution is 2.20. The summed E-state index contributed by atoms with van der Waals surface area (Å²) in [5, 5.41) is 27.3. The number of aliphatic carboxylic acids is 1. The van der Waals surface area contributed by atoms with Crippen LogP contribution in [0.4, 0.5) is 4.79 Å². The Hall–Kier alpha value is -2.73. The molecule has 4 atom stereocenters. The summed E-state index contributed by atoms with van der Waals surface area (Å²) in [6.45, 7) is 5.13. The Morgan fingerprint density at radius 1 is 1.22 bits per heavy atom. The third-order valence-electron chi connectivity index (χ3n) is 3.79. The van der Waals surface area contributed by atoms with Crippen molar-refractivity contribution >= 4 is 17.9 Å². The van der Waals surface area contributed by atoms with E-state index in [0.29, 0.717) is 0 Å². The van der Waals surface area contributed by atoms with Crippen molar-refractivity contribution < 1.29 is 29.1 Å². The fraction of sp³-hybridized carbons (Fsp3) is 0.667. The number of carbonyl (C=O) groups is 3. The van der Waals surface area contributed by atoms with Crippen molar-refractivity contribution in [2.75, 3.05) is 0 Å². The Bertz CT molecular complexity index is 661. The van der Waals surface area contributed by atoms with E-state index in [1.807, 2.05) is 13.8 Å². The molecular formula is C15H26N6O6. The molecule has 27 heavy (non-hydrogen) atoms. The van der Waals surface area contributed by atoms with Crippen molar-refractivity contribution in [2.24, 2.45) is 17.4 Å². The Kier molecular flexibility index (Phi) is 8.12. The Balaban J connectivity index is 2.83. The lowest BCUT2D eigenvalue weighted by Gasteiger charge is -2.20. The lowest BCUT2D eigenvalue weighted by molar-refractivity contribution is -0.139. The molecule has 0 saturated carbocycles. The number of rotatable bonds is 10. The number of urea groups is 1. The number of aliphatic hydroxyl groups excluding tert-OH is 1. The van der Waals surface area contributed by atoms with Crippen LogP contribution in [0.2, 0.25) is 0 Å². The molecule has 12 nitrogen and oxygen atoms in total. The van der Waals surface area contributed by atoms with E-state index in [2.05, 4.69) is 20.8 Å². The highest BCUT2D eigenvalue weighted by Gasteiger charge is 2.29. The summed E-state index contributed by atoms with van der Waals surface area (Å²) in [7, 11) is 0. The van der Waals surface area contributed by atoms with Gasteiger partial charge in [0.2, 0.25) is 5.91 Å². The summed E-state index contributed by atoms with van der Waals surface area (Å²) >= 11 is 0. The number of hydrogen-bond acceptors (Lipinski definition) is 8. The molecule has 0 fully saturated rings. The van der Waals surface area contributed by atoms with Gasteiger partial charge in [-0.15, -0.1) is 0 Å². The highest BCUT2D eigenvalue weighted by atomic mass is 16.5. The Morgan fingerprint density at radius 3 is 2.33 bits per heavy atom. The summed E-state index contributed by atoms with van der Waals surface area (Å²) in [6.07, 6.45) is -1.50. The summed E-state index contributed by atoms with van der Waals surface area (Å²) in [6, 6.07) is -3.81. The molecular weight excluding hydrogens is 360 g/mol. The number of aromatic nitrogens is 2. The van der Waals surface area contributed by atoms with Crippen LogP contribution in [0.1, 0.15) is 57.4 Å². The van der Waals surface area contributed by atoms with Crippen molar-refractivity contribution in [3.8, 4) is 0 Å². The van der Waals surface area contributed by atoms with E-state index >= 15 is 0 Å². The SMILES string of the molecule is CC(C)[C@H](N)c1noc([C@@H](NC(=O)N[C@@H](CCC(N)=O)C(=O)O)C(C)O)n1. The molecule has 1 unspecified atom stereocenters. The number of nitrogens with one attached hydrogen (secondary N) is 2. The van der Waals surface area contributed by atoms with Gasteiger partial charge in [0.05, 0.1) is 12.1 Å². The minimum Gasteiger partial charge on any atom is -0.480 e. The average molecular weight is 386 g/mol. The van der Waals surface area contributed by atoms with Crippen molar-refractivity contribution in [3.05, 3.63) is 11.7 Å². The first-order valence-corrected chi connectivity index (χ1v) is 8.38. The molecule has 1 aromatic rings. The van der Waals surface area contributed by atoms with Gasteiger partial charge >= 0.3 is 12.0 Å². The van der Waals surface area contributed by atoms with Gasteiger partial charge in [0.1, 0.15) is 12.1 Å². The first kappa shape index (κ1) is 22.3. The van der Waals surface area contributed by atoms with Crippen LogP contribution in [-0.4, -0.2) is 50.4 Å². The van der Waals surface area contributed by atoms with Gasteiger partial charge in [-0.25, -0.2) is 9.59 Å². The summed E-state index contributed by atoms with van der Waals surface area (Å²) < 4.78 is 5.07. The Morgan fingerprint density at radius 2 is 1.85 bits per heavy atom. The lowest BCUT2D eigenvalue weighted by atomic mass is 10.1. The van der Waals surface area contributed by atoms with Gasteiger partial charge in [-0.1, -0.05) is 19.0 Å². The number of hydrogen-bond donors (Lipinski definition) is 6. The molecule has 0 radical (unpaired) electrons. The quantitative estimate of drug-likeness (QED) is 0.296. The molecule has 3 amide bonds. The molecule has 0 aromatic carbocycles.